The van der Waals surface area contributed by atoms with Gasteiger partial charge in [0.2, 0.25) is 0 Å². The van der Waals surface area contributed by atoms with Gasteiger partial charge in [-0.3, -0.25) is 0 Å². The van der Waals surface area contributed by atoms with Gasteiger partial charge in [0.1, 0.15) is 0 Å². The molecule has 0 aliphatic heterocycles. The van der Waals surface area contributed by atoms with Crippen molar-refractivity contribution in [3.05, 3.63) is 0 Å². The van der Waals surface area contributed by atoms with Crippen LogP contribution in [-0.4, -0.2) is 14.7 Å². The molecule has 0 unspecified atom stereocenters. The summed E-state index contributed by atoms with van der Waals surface area (Å²) >= 11 is 0. The molecule has 0 heterocycles. The van der Waals surface area contributed by atoms with Crippen molar-refractivity contribution >= 4 is 21.3 Å². The largest absolute Gasteiger partial charge is 3.00 e. The predicted molar refractivity (Wildman–Crippen MR) is 23.8 cm³/mol. The summed E-state index contributed by atoms with van der Waals surface area (Å²) < 4.78 is 8.88. The Kier molecular flexibility index (Phi) is 9.71. The lowest BCUT2D eigenvalue weighted by atomic mass is 14.0. The Balaban J connectivity index is -0.0000000800. The first-order chi connectivity index (χ1) is 2.00. The van der Waals surface area contributed by atoms with Crippen molar-refractivity contribution in [2.75, 3.05) is 0 Å². The highest BCUT2D eigenvalue weighted by Crippen LogP contribution is 2.25. The van der Waals surface area contributed by atoms with Gasteiger partial charge in [0.05, 0.1) is 0 Å². The van der Waals surface area contributed by atoms with Crippen LogP contribution in [-0.2, 0) is 18.1 Å². The molecule has 0 saturated carbocycles. The number of nitrogens with zero attached hydrogens (tertiary/aromatic N) is 1. The molecule has 0 aromatic heterocycles. The second-order valence-corrected chi connectivity index (χ2v) is 1.54. The zero-order valence-corrected chi connectivity index (χ0v) is 4.76. The van der Waals surface area contributed by atoms with Crippen molar-refractivity contribution in [1.29, 1.82) is 0 Å². The summed E-state index contributed by atoms with van der Waals surface area (Å²) in [5.41, 5.74) is 0. The molecule has 0 aromatic carbocycles. The molecule has 7 heavy (non-hydrogen) atoms. The van der Waals surface area contributed by atoms with Gasteiger partial charge < -0.3 is 14.7 Å². The fourth-order valence-electron chi connectivity index (χ4n) is 0. The zero-order valence-electron chi connectivity index (χ0n) is 3.05. The highest BCUT2D eigenvalue weighted by Gasteiger charge is 3.00. The predicted octanol–water partition coefficient (Wildman–Crippen LogP) is -1.41. The summed E-state index contributed by atoms with van der Waals surface area (Å²) in [6, 6.07) is 0. The highest BCUT2D eigenvalue weighted by atomic mass is 32.1. The third-order valence-corrected chi connectivity index (χ3v) is 0. The average molecular weight is 144 g/mol. The Hall–Kier alpha value is 0.170. The van der Waals surface area contributed by atoms with Crippen LogP contribution in [0, 0.1) is 0 Å². The highest BCUT2D eigenvalue weighted by molar-refractivity contribution is 7.45. The third-order valence-electron chi connectivity index (χ3n) is 0. The van der Waals surface area contributed by atoms with Crippen LogP contribution in [0.3, 0.4) is 0 Å². The Bertz CT molecular complexity index is 57.8. The summed E-state index contributed by atoms with van der Waals surface area (Å²) in [6.07, 6.45) is 0. The van der Waals surface area contributed by atoms with Gasteiger partial charge in [-0.15, -0.1) is 0 Å². The quantitative estimate of drug-likeness (QED) is 0.363. The van der Waals surface area contributed by atoms with Crippen molar-refractivity contribution in [1.82, 2.24) is 6.15 Å². The van der Waals surface area contributed by atoms with E-state index in [0.717, 1.165) is 0 Å². The maximum absolute atomic E-state index is 8.88. The van der Waals surface area contributed by atoms with Gasteiger partial charge in [0.25, 0.3) is 0 Å². The van der Waals surface area contributed by atoms with E-state index in [1.54, 1.807) is 0 Å². The molecule has 0 amide bonds. The van der Waals surface area contributed by atoms with Crippen LogP contribution in [0.25, 0.3) is 0 Å². The lowest BCUT2D eigenvalue weighted by molar-refractivity contribution is 0.275. The first-order valence-corrected chi connectivity index (χ1v) is 2.35. The normalized spacial score (nSPS) is 8.43. The SMILES string of the molecule is O=P(O)(O)O.[N+3].[S+2]. The molecule has 38 valence electrons. The maximum Gasteiger partial charge on any atom is 3.00 e. The second-order valence-electron chi connectivity index (χ2n) is 0.513. The van der Waals surface area contributed by atoms with Gasteiger partial charge in [-0.2, -0.15) is 0 Å². The first kappa shape index (κ1) is 15.7. The molecule has 5 nitrogen and oxygen atoms in total. The smallest absolute Gasteiger partial charge is 0.303 e. The van der Waals surface area contributed by atoms with E-state index in [4.69, 9.17) is 19.2 Å². The average Bonchev–Trinajstić information content (AvgIpc) is 0.722. The minimum Gasteiger partial charge on any atom is -0.303 e. The topological polar surface area (TPSA) is 108 Å². The van der Waals surface area contributed by atoms with E-state index in [2.05, 4.69) is 0 Å². The molecule has 6 radical (unpaired) electrons. The van der Waals surface area contributed by atoms with Gasteiger partial charge >= 0.3 is 27.5 Å². The number of rotatable bonds is 0. The van der Waals surface area contributed by atoms with Crippen molar-refractivity contribution in [2.45, 2.75) is 0 Å². The Labute approximate surface area is 47.6 Å². The van der Waals surface area contributed by atoms with E-state index >= 15 is 0 Å². The van der Waals surface area contributed by atoms with Gasteiger partial charge in [-0.25, -0.2) is 4.57 Å². The molecular weight excluding hydrogens is 141 g/mol. The molecule has 0 atom stereocenters. The lowest BCUT2D eigenvalue weighted by Crippen LogP contribution is -1.66. The molecule has 0 aromatic rings. The minimum atomic E-state index is -4.64. The van der Waals surface area contributed by atoms with E-state index in [-0.39, 0.29) is 19.6 Å². The molecule has 0 bridgehead atoms. The number of hydrogen-bond donors (Lipinski definition) is 3. The van der Waals surface area contributed by atoms with E-state index < -0.39 is 7.82 Å². The van der Waals surface area contributed by atoms with Crippen molar-refractivity contribution in [3.8, 4) is 0 Å². The summed E-state index contributed by atoms with van der Waals surface area (Å²) in [4.78, 5) is 21.6. The number of phosphoric acid groups is 1. The molecular formula is H3NO4PS+5. The van der Waals surface area contributed by atoms with E-state index in [9.17, 15) is 0 Å². The van der Waals surface area contributed by atoms with Crippen LogP contribution in [0.5, 0.6) is 0 Å². The van der Waals surface area contributed by atoms with Crippen molar-refractivity contribution in [3.63, 3.8) is 0 Å². The molecule has 0 aliphatic rings. The maximum atomic E-state index is 8.88. The third kappa shape index (κ3) is 3710. The van der Waals surface area contributed by atoms with E-state index in [0.29, 0.717) is 0 Å². The molecule has 7 heteroatoms. The van der Waals surface area contributed by atoms with Crippen LogP contribution in [0.15, 0.2) is 0 Å². The number of hydrogen-bond acceptors (Lipinski definition) is 1. The summed E-state index contributed by atoms with van der Waals surface area (Å²) in [5.74, 6) is 0. The van der Waals surface area contributed by atoms with Gasteiger partial charge in [0, 0.05) is 0 Å². The molecule has 0 saturated heterocycles. The second kappa shape index (κ2) is 4.33. The first-order valence-electron chi connectivity index (χ1n) is 0.783. The van der Waals surface area contributed by atoms with Gasteiger partial charge in [-0.05, 0) is 0 Å². The molecule has 0 spiro atoms. The van der Waals surface area contributed by atoms with Crippen molar-refractivity contribution in [2.24, 2.45) is 0 Å². The Morgan fingerprint density at radius 3 is 1.14 bits per heavy atom. The minimum absolute atomic E-state index is 0. The molecule has 0 rings (SSSR count). The van der Waals surface area contributed by atoms with Crippen LogP contribution >= 0.6 is 7.82 Å². The molecule has 3 N–H and O–H groups in total. The van der Waals surface area contributed by atoms with E-state index in [1.807, 2.05) is 0 Å². The molecule has 0 aliphatic carbocycles. The van der Waals surface area contributed by atoms with Crippen LogP contribution in [0.1, 0.15) is 0 Å². The van der Waals surface area contributed by atoms with Gasteiger partial charge in [-0.1, -0.05) is 0 Å². The lowest BCUT2D eigenvalue weighted by Gasteiger charge is -1.82. The standard InChI is InChI=1S/N.H3O4P.S/c;1-5(2,3)4;/h;(H3,1,2,3,4);/q+3;;+2. The Morgan fingerprint density at radius 1 is 1.14 bits per heavy atom. The summed E-state index contributed by atoms with van der Waals surface area (Å²) in [5, 5.41) is 0. The van der Waals surface area contributed by atoms with Crippen molar-refractivity contribution < 1.29 is 19.2 Å². The van der Waals surface area contributed by atoms with Gasteiger partial charge in [0.15, 0.2) is 0 Å². The summed E-state index contributed by atoms with van der Waals surface area (Å²) in [7, 11) is -4.64. The fraction of sp³-hybridized carbons (Fsp3) is 0. The molecule has 0 fully saturated rings. The van der Waals surface area contributed by atoms with Crippen LogP contribution in [0.2, 0.25) is 0 Å². The zero-order chi connectivity index (χ0) is 4.50. The van der Waals surface area contributed by atoms with E-state index in [1.165, 1.54) is 0 Å². The monoisotopic (exact) mass is 144 g/mol. The fourth-order valence-corrected chi connectivity index (χ4v) is 0. The van der Waals surface area contributed by atoms with Crippen LogP contribution < -0.4 is 6.15 Å². The summed E-state index contributed by atoms with van der Waals surface area (Å²) in [6.45, 7) is 0. The van der Waals surface area contributed by atoms with Crippen LogP contribution in [0.4, 0.5) is 0 Å². The Morgan fingerprint density at radius 2 is 1.14 bits per heavy atom.